The van der Waals surface area contributed by atoms with E-state index in [1.807, 2.05) is 0 Å². The normalized spacial score (nSPS) is 18.2. The van der Waals surface area contributed by atoms with Crippen molar-refractivity contribution in [3.8, 4) is 5.75 Å². The van der Waals surface area contributed by atoms with Crippen LogP contribution in [0.2, 0.25) is 5.82 Å². The van der Waals surface area contributed by atoms with E-state index in [4.69, 9.17) is 10.4 Å². The van der Waals surface area contributed by atoms with Gasteiger partial charge in [-0.3, -0.25) is 19.3 Å². The van der Waals surface area contributed by atoms with E-state index in [-0.39, 0.29) is 54.6 Å². The van der Waals surface area contributed by atoms with Crippen molar-refractivity contribution in [2.75, 3.05) is 25.4 Å². The molecule has 5 N–H and O–H groups in total. The predicted octanol–water partition coefficient (Wildman–Crippen LogP) is 0.310. The Morgan fingerprint density at radius 3 is 2.59 bits per heavy atom. The van der Waals surface area contributed by atoms with Gasteiger partial charge in [0.25, 0.3) is 0 Å². The first-order chi connectivity index (χ1) is 17.6. The van der Waals surface area contributed by atoms with E-state index in [1.54, 1.807) is 19.1 Å². The minimum Gasteiger partial charge on any atom is -0.535 e. The Bertz CT molecular complexity index is 1250. The highest BCUT2D eigenvalue weighted by Gasteiger charge is 2.40. The van der Waals surface area contributed by atoms with Crippen LogP contribution in [-0.4, -0.2) is 81.3 Å². The number of anilines is 1. The van der Waals surface area contributed by atoms with Crippen LogP contribution in [0.4, 0.5) is 9.93 Å². The number of urea groups is 1. The smallest absolute Gasteiger partial charge is 0.526 e. The largest absolute Gasteiger partial charge is 0.535 e. The van der Waals surface area contributed by atoms with Crippen LogP contribution < -0.4 is 15.7 Å². The van der Waals surface area contributed by atoms with Crippen LogP contribution in [0, 0.1) is 0 Å². The minimum atomic E-state index is -1.47. The summed E-state index contributed by atoms with van der Waals surface area (Å²) in [6, 6.07) is 2.47. The first-order valence-corrected chi connectivity index (χ1v) is 12.3. The molecule has 2 aliphatic rings. The minimum absolute atomic E-state index is 0.0453. The second kappa shape index (κ2) is 10.6. The number of carbonyl (C=O) groups is 5. The number of imide groups is 1. The van der Waals surface area contributed by atoms with Gasteiger partial charge in [0, 0.05) is 24.2 Å². The molecule has 2 aliphatic heterocycles. The first-order valence-electron chi connectivity index (χ1n) is 11.4. The quantitative estimate of drug-likeness (QED) is 0.287. The van der Waals surface area contributed by atoms with Gasteiger partial charge in [-0.25, -0.2) is 14.6 Å². The molecule has 2 atom stereocenters. The predicted molar refractivity (Wildman–Crippen MR) is 131 cm³/mol. The Balaban J connectivity index is 1.51. The lowest BCUT2D eigenvalue weighted by molar-refractivity contribution is -0.149. The number of nitrogen functional groups attached to an aromatic ring is 1. The molecule has 4 amide bonds. The van der Waals surface area contributed by atoms with Crippen LogP contribution in [0.25, 0.3) is 0 Å². The average Bonchev–Trinajstić information content (AvgIpc) is 3.27. The fraction of sp³-hybridized carbons (Fsp3) is 0.364. The van der Waals surface area contributed by atoms with E-state index in [0.717, 1.165) is 21.1 Å². The summed E-state index contributed by atoms with van der Waals surface area (Å²) in [5.41, 5.74) is 6.32. The molecule has 1 aromatic heterocycles. The van der Waals surface area contributed by atoms with Gasteiger partial charge in [-0.1, -0.05) is 12.1 Å². The number of aromatic carboxylic acids is 1. The molecule has 1 saturated heterocycles. The third-order valence-corrected chi connectivity index (χ3v) is 6.89. The summed E-state index contributed by atoms with van der Waals surface area (Å²) in [5, 5.41) is 24.1. The number of benzene rings is 1. The number of para-hydroxylation sites is 1. The summed E-state index contributed by atoms with van der Waals surface area (Å²) in [5.74, 6) is -3.49. The number of ketones is 1. The maximum Gasteiger partial charge on any atom is 0.526 e. The molecule has 15 heteroatoms. The van der Waals surface area contributed by atoms with Crippen molar-refractivity contribution in [3.05, 3.63) is 40.4 Å². The third kappa shape index (κ3) is 5.41. The molecule has 194 valence electrons. The van der Waals surface area contributed by atoms with Gasteiger partial charge in [-0.15, -0.1) is 11.3 Å². The van der Waals surface area contributed by atoms with E-state index in [0.29, 0.717) is 5.56 Å². The maximum absolute atomic E-state index is 13.4. The summed E-state index contributed by atoms with van der Waals surface area (Å²) in [6.07, 6.45) is -0.0903. The Morgan fingerprint density at radius 1 is 1.30 bits per heavy atom. The van der Waals surface area contributed by atoms with Gasteiger partial charge in [0.05, 0.1) is 11.3 Å². The lowest BCUT2D eigenvalue weighted by Gasteiger charge is -2.33. The number of nitrogens with two attached hydrogens (primary N) is 1. The number of nitrogens with one attached hydrogen (secondary N) is 1. The molecule has 4 rings (SSSR count). The van der Waals surface area contributed by atoms with Crippen LogP contribution in [0.15, 0.2) is 23.6 Å². The molecule has 13 nitrogen and oxygen atoms in total. The fourth-order valence-corrected chi connectivity index (χ4v) is 4.95. The highest BCUT2D eigenvalue weighted by molar-refractivity contribution is 7.13. The molecular formula is C22H24BN5O8S. The van der Waals surface area contributed by atoms with Gasteiger partial charge in [0.1, 0.15) is 24.9 Å². The van der Waals surface area contributed by atoms with Crippen LogP contribution >= 0.6 is 11.3 Å². The number of amides is 4. The van der Waals surface area contributed by atoms with Gasteiger partial charge in [0.15, 0.2) is 10.9 Å². The Kier molecular flexibility index (Phi) is 7.45. The highest BCUT2D eigenvalue weighted by Crippen LogP contribution is 2.37. The number of hydrogen-bond donors (Lipinski definition) is 4. The Hall–Kier alpha value is -3.98. The third-order valence-electron chi connectivity index (χ3n) is 6.20. The topological polar surface area (TPSA) is 192 Å². The number of rotatable bonds is 7. The van der Waals surface area contributed by atoms with Gasteiger partial charge < -0.3 is 30.7 Å². The molecule has 1 fully saturated rings. The highest BCUT2D eigenvalue weighted by atomic mass is 32.1. The first kappa shape index (κ1) is 26.1. The van der Waals surface area contributed by atoms with Gasteiger partial charge >= 0.3 is 19.1 Å². The lowest BCUT2D eigenvalue weighted by atomic mass is 9.64. The number of carboxylic acid groups (broad SMARTS) is 1. The van der Waals surface area contributed by atoms with E-state index in [2.05, 4.69) is 10.3 Å². The van der Waals surface area contributed by atoms with Gasteiger partial charge in [0.2, 0.25) is 11.8 Å². The number of piperazine rings is 1. The van der Waals surface area contributed by atoms with Crippen LogP contribution in [0.1, 0.15) is 41.0 Å². The zero-order chi connectivity index (χ0) is 26.9. The number of nitrogens with zero attached hydrogens (tertiary/aromatic N) is 3. The van der Waals surface area contributed by atoms with E-state index in [9.17, 15) is 34.1 Å². The van der Waals surface area contributed by atoms with Gasteiger partial charge in [-0.2, -0.15) is 0 Å². The number of carboxylic acids is 1. The molecule has 0 bridgehead atoms. The fourth-order valence-electron chi connectivity index (χ4n) is 4.36. The van der Waals surface area contributed by atoms with Crippen molar-refractivity contribution < 1.29 is 38.8 Å². The van der Waals surface area contributed by atoms with Crippen LogP contribution in [0.5, 0.6) is 5.75 Å². The van der Waals surface area contributed by atoms with Crippen molar-refractivity contribution in [1.29, 1.82) is 0 Å². The zero-order valence-electron chi connectivity index (χ0n) is 19.7. The standard InChI is InChI=1S/C22H24BN5O8S/c1-2-28-16(30)8-27(9-17(28)31)22(34)26-18(14-10-37-21(24)25-14)15(29)7-12-6-11-4-3-5-13(20(32)33)19(11)36-23(12)35/h3-5,10,12,18,35H,2,6-9H2,1H3,(H2,24,25)(H,26,34)(H,32,33)/t12-,18?/m1/s1. The average molecular weight is 529 g/mol. The number of Topliss-reactive ketones (excluding diaryl/α,β-unsaturated/α-hetero) is 1. The van der Waals surface area contributed by atoms with Crippen molar-refractivity contribution in [3.63, 3.8) is 0 Å². The van der Waals surface area contributed by atoms with E-state index < -0.39 is 48.6 Å². The summed E-state index contributed by atoms with van der Waals surface area (Å²) in [6.45, 7) is 1.18. The number of carbonyl (C=O) groups excluding carboxylic acids is 4. The number of aromatic nitrogens is 1. The second-order valence-electron chi connectivity index (χ2n) is 8.62. The summed E-state index contributed by atoms with van der Waals surface area (Å²) >= 11 is 1.06. The number of fused-ring (bicyclic) bond motifs is 1. The molecule has 1 aromatic carbocycles. The van der Waals surface area contributed by atoms with Crippen LogP contribution in [-0.2, 0) is 20.8 Å². The van der Waals surface area contributed by atoms with E-state index >= 15 is 0 Å². The molecule has 0 saturated carbocycles. The van der Waals surface area contributed by atoms with Crippen molar-refractivity contribution in [2.24, 2.45) is 0 Å². The zero-order valence-corrected chi connectivity index (χ0v) is 20.6. The number of thiazole rings is 1. The molecule has 1 unspecified atom stereocenters. The van der Waals surface area contributed by atoms with E-state index in [1.165, 1.54) is 11.4 Å². The summed E-state index contributed by atoms with van der Waals surface area (Å²) in [7, 11) is -1.47. The molecule has 37 heavy (non-hydrogen) atoms. The molecule has 0 spiro atoms. The maximum atomic E-state index is 13.4. The molecule has 0 radical (unpaired) electrons. The lowest BCUT2D eigenvalue weighted by Crippen LogP contribution is -2.58. The number of hydrogen-bond acceptors (Lipinski definition) is 10. The van der Waals surface area contributed by atoms with Gasteiger partial charge in [-0.05, 0) is 25.0 Å². The monoisotopic (exact) mass is 529 g/mol. The molecule has 2 aromatic rings. The SMILES string of the molecule is CCN1C(=O)CN(C(=O)NC(C(=O)C[C@H]2Cc3cccc(C(=O)O)c3OB2O)c2csc(N)n2)CC1=O. The second-order valence-corrected chi connectivity index (χ2v) is 9.51. The summed E-state index contributed by atoms with van der Waals surface area (Å²) in [4.78, 5) is 68.4. The van der Waals surface area contributed by atoms with Crippen molar-refractivity contribution in [1.82, 2.24) is 20.1 Å². The summed E-state index contributed by atoms with van der Waals surface area (Å²) < 4.78 is 5.46. The van der Waals surface area contributed by atoms with Crippen molar-refractivity contribution in [2.45, 2.75) is 31.6 Å². The Morgan fingerprint density at radius 2 is 2.00 bits per heavy atom. The Labute approximate surface area is 215 Å². The van der Waals surface area contributed by atoms with Crippen LogP contribution in [0.3, 0.4) is 0 Å². The molecule has 3 heterocycles. The molecule has 0 aliphatic carbocycles. The molecular weight excluding hydrogens is 505 g/mol. The van der Waals surface area contributed by atoms with Crippen molar-refractivity contribution >= 4 is 53.2 Å². The number of likely N-dealkylation sites (N-methyl/N-ethyl adjacent to an activating group) is 1.